The molecule has 0 aromatic carbocycles. The fourth-order valence-corrected chi connectivity index (χ4v) is 0.641. The highest BCUT2D eigenvalue weighted by Crippen LogP contribution is 2.10. The molecule has 0 amide bonds. The third kappa shape index (κ3) is 1.31. The van der Waals surface area contributed by atoms with Crippen LogP contribution in [0.3, 0.4) is 0 Å². The van der Waals surface area contributed by atoms with E-state index in [0.717, 1.165) is 0 Å². The topological polar surface area (TPSA) is 75.1 Å². The van der Waals surface area contributed by atoms with Gasteiger partial charge in [-0.05, 0) is 4.85 Å². The van der Waals surface area contributed by atoms with Gasteiger partial charge in [-0.2, -0.15) is 0 Å². The number of aromatic nitrogens is 2. The molecule has 0 spiro atoms. The smallest absolute Gasteiger partial charge is 0.282 e. The summed E-state index contributed by atoms with van der Waals surface area (Å²) in [6, 6.07) is 1.50. The number of nitrogens with two attached hydrogens (primary N) is 1. The first kappa shape index (κ1) is 7.59. The summed E-state index contributed by atoms with van der Waals surface area (Å²) in [5, 5.41) is 14.4. The summed E-state index contributed by atoms with van der Waals surface area (Å²) in [5.41, 5.74) is 6.22. The van der Waals surface area contributed by atoms with Crippen molar-refractivity contribution in [1.82, 2.24) is 5.10 Å². The number of hydrogen-bond donors (Lipinski definition) is 1. The average molecular weight is 155 g/mol. The van der Waals surface area contributed by atoms with E-state index in [4.69, 9.17) is 10.5 Å². The van der Waals surface area contributed by atoms with Crippen LogP contribution in [0, 0.1) is 12.1 Å². The van der Waals surface area contributed by atoms with Crippen LogP contribution >= 0.6 is 0 Å². The van der Waals surface area contributed by atoms with Gasteiger partial charge >= 0.3 is 0 Å². The van der Waals surface area contributed by atoms with Crippen LogP contribution in [0.5, 0.6) is 5.88 Å². The monoisotopic (exact) mass is 155 g/mol. The largest absolute Gasteiger partial charge is 0.594 e. The quantitative estimate of drug-likeness (QED) is 0.443. The number of ether oxygens (including phenoxy) is 1. The molecule has 1 aromatic rings. The molecule has 2 N–H and O–H groups in total. The fourth-order valence-electron chi connectivity index (χ4n) is 0.641. The minimum Gasteiger partial charge on any atom is -0.594 e. The molecule has 0 unspecified atom stereocenters. The van der Waals surface area contributed by atoms with Crippen molar-refractivity contribution in [1.29, 1.82) is 0 Å². The van der Waals surface area contributed by atoms with E-state index in [1.54, 1.807) is 6.92 Å². The van der Waals surface area contributed by atoms with Crippen molar-refractivity contribution >= 4 is 5.69 Å². The number of nitrogen functional groups attached to an aromatic ring is 1. The molecule has 0 aliphatic rings. The van der Waals surface area contributed by atoms with E-state index in [1.165, 1.54) is 13.2 Å². The first-order chi connectivity index (χ1) is 5.15. The van der Waals surface area contributed by atoms with Gasteiger partial charge < -0.3 is 15.7 Å². The number of rotatable bonds is 1. The maximum atomic E-state index is 10.9. The van der Waals surface area contributed by atoms with Crippen LogP contribution in [0.1, 0.15) is 5.69 Å². The predicted octanol–water partition coefficient (Wildman–Crippen LogP) is -0.386. The molecule has 0 fully saturated rings. The summed E-state index contributed by atoms with van der Waals surface area (Å²) in [4.78, 5) is 0.439. The van der Waals surface area contributed by atoms with E-state index < -0.39 is 0 Å². The second-order valence-electron chi connectivity index (χ2n) is 2.10. The first-order valence-electron chi connectivity index (χ1n) is 3.06. The maximum Gasteiger partial charge on any atom is 0.282 e. The molecule has 0 aliphatic heterocycles. The summed E-state index contributed by atoms with van der Waals surface area (Å²) in [6.07, 6.45) is 0. The Morgan fingerprint density at radius 3 is 2.82 bits per heavy atom. The lowest BCUT2D eigenvalue weighted by atomic mass is 10.3. The Labute approximate surface area is 64.0 Å². The lowest BCUT2D eigenvalue weighted by Crippen LogP contribution is -2.35. The van der Waals surface area contributed by atoms with Gasteiger partial charge in [0.1, 0.15) is 5.69 Å². The van der Waals surface area contributed by atoms with Gasteiger partial charge in [-0.1, -0.05) is 0 Å². The van der Waals surface area contributed by atoms with E-state index in [9.17, 15) is 5.21 Å². The van der Waals surface area contributed by atoms with Crippen LogP contribution in [-0.4, -0.2) is 12.2 Å². The molecule has 11 heavy (non-hydrogen) atoms. The average Bonchev–Trinajstić information content (AvgIpc) is 1.99. The number of nitrogens with zero attached hydrogens (tertiary/aromatic N) is 2. The van der Waals surface area contributed by atoms with Gasteiger partial charge in [-0.25, -0.2) is 0 Å². The standard InChI is InChI=1S/C6H9N3O2/c1-4-5(7)3-6(11-2)8-9(4)10/h3H,7H2,1-2H3. The van der Waals surface area contributed by atoms with Crippen LogP contribution in [0.25, 0.3) is 0 Å². The van der Waals surface area contributed by atoms with Crippen molar-refractivity contribution < 1.29 is 9.58 Å². The summed E-state index contributed by atoms with van der Waals surface area (Å²) in [6.45, 7) is 1.59. The van der Waals surface area contributed by atoms with Crippen molar-refractivity contribution in [2.45, 2.75) is 6.92 Å². The second-order valence-corrected chi connectivity index (χ2v) is 2.10. The molecule has 0 saturated heterocycles. The molecule has 0 atom stereocenters. The van der Waals surface area contributed by atoms with Gasteiger partial charge in [-0.15, -0.1) is 0 Å². The summed E-state index contributed by atoms with van der Waals surface area (Å²) >= 11 is 0. The molecule has 0 radical (unpaired) electrons. The minimum absolute atomic E-state index is 0.225. The Bertz CT molecular complexity index is 252. The van der Waals surface area contributed by atoms with Gasteiger partial charge in [0.2, 0.25) is 5.69 Å². The molecule has 1 rings (SSSR count). The molecular formula is C6H9N3O2. The molecule has 0 bridgehead atoms. The van der Waals surface area contributed by atoms with E-state index in [-0.39, 0.29) is 5.88 Å². The van der Waals surface area contributed by atoms with Gasteiger partial charge in [-0.3, -0.25) is 0 Å². The minimum atomic E-state index is 0.225. The van der Waals surface area contributed by atoms with Crippen molar-refractivity contribution in [3.05, 3.63) is 17.0 Å². The van der Waals surface area contributed by atoms with Crippen molar-refractivity contribution in [3.63, 3.8) is 0 Å². The van der Waals surface area contributed by atoms with E-state index in [0.29, 0.717) is 16.2 Å². The zero-order valence-electron chi connectivity index (χ0n) is 6.37. The Morgan fingerprint density at radius 2 is 2.36 bits per heavy atom. The molecule has 5 heteroatoms. The number of anilines is 1. The molecule has 0 saturated carbocycles. The van der Waals surface area contributed by atoms with Crippen molar-refractivity contribution in [3.8, 4) is 5.88 Å². The summed E-state index contributed by atoms with van der Waals surface area (Å²) in [7, 11) is 1.43. The van der Waals surface area contributed by atoms with E-state index in [1.807, 2.05) is 0 Å². The SMILES string of the molecule is COc1cc(N)c(C)[n+]([O-])n1. The summed E-state index contributed by atoms with van der Waals surface area (Å²) < 4.78 is 4.72. The van der Waals surface area contributed by atoms with Crippen molar-refractivity contribution in [2.75, 3.05) is 12.8 Å². The van der Waals surface area contributed by atoms with E-state index in [2.05, 4.69) is 5.10 Å². The van der Waals surface area contributed by atoms with Crippen LogP contribution in [-0.2, 0) is 0 Å². The zero-order chi connectivity index (χ0) is 8.43. The number of methoxy groups -OCH3 is 1. The van der Waals surface area contributed by atoms with Crippen LogP contribution < -0.4 is 15.3 Å². The number of hydrogen-bond acceptors (Lipinski definition) is 4. The zero-order valence-corrected chi connectivity index (χ0v) is 6.37. The Hall–Kier alpha value is -1.52. The highest BCUT2D eigenvalue weighted by Gasteiger charge is 2.08. The Morgan fingerprint density at radius 1 is 1.73 bits per heavy atom. The Balaban J connectivity index is 3.21. The summed E-state index contributed by atoms with van der Waals surface area (Å²) in [5.74, 6) is 0.225. The van der Waals surface area contributed by atoms with Gasteiger partial charge in [0.25, 0.3) is 5.88 Å². The van der Waals surface area contributed by atoms with Gasteiger partial charge in [0.05, 0.1) is 12.2 Å². The molecule has 5 nitrogen and oxygen atoms in total. The fraction of sp³-hybridized carbons (Fsp3) is 0.333. The predicted molar refractivity (Wildman–Crippen MR) is 38.9 cm³/mol. The van der Waals surface area contributed by atoms with Crippen molar-refractivity contribution in [2.24, 2.45) is 0 Å². The molecular weight excluding hydrogens is 146 g/mol. The van der Waals surface area contributed by atoms with E-state index >= 15 is 0 Å². The third-order valence-electron chi connectivity index (χ3n) is 1.38. The molecule has 1 heterocycles. The second kappa shape index (κ2) is 2.61. The molecule has 0 aliphatic carbocycles. The molecule has 1 aromatic heterocycles. The highest BCUT2D eigenvalue weighted by molar-refractivity contribution is 5.41. The van der Waals surface area contributed by atoms with Crippen LogP contribution in [0.2, 0.25) is 0 Å². The maximum absolute atomic E-state index is 10.9. The van der Waals surface area contributed by atoms with Gasteiger partial charge in [0, 0.05) is 13.0 Å². The molecule has 60 valence electrons. The third-order valence-corrected chi connectivity index (χ3v) is 1.38. The first-order valence-corrected chi connectivity index (χ1v) is 3.06. The van der Waals surface area contributed by atoms with Crippen LogP contribution in [0.4, 0.5) is 5.69 Å². The Kier molecular flexibility index (Phi) is 1.80. The van der Waals surface area contributed by atoms with Crippen LogP contribution in [0.15, 0.2) is 6.07 Å². The lowest BCUT2D eigenvalue weighted by Gasteiger charge is -2.02. The lowest BCUT2D eigenvalue weighted by molar-refractivity contribution is -0.675. The van der Waals surface area contributed by atoms with Gasteiger partial charge in [0.15, 0.2) is 0 Å². The highest BCUT2D eigenvalue weighted by atomic mass is 16.5. The normalized spacial score (nSPS) is 9.64.